The van der Waals surface area contributed by atoms with Crippen LogP contribution in [-0.2, 0) is 6.54 Å². The number of aromatic nitrogens is 4. The van der Waals surface area contributed by atoms with Crippen LogP contribution in [0.2, 0.25) is 5.02 Å². The lowest BCUT2D eigenvalue weighted by Crippen LogP contribution is -2.27. The summed E-state index contributed by atoms with van der Waals surface area (Å²) in [6.45, 7) is 5.04. The van der Waals surface area contributed by atoms with Crippen LogP contribution in [0.15, 0.2) is 35.6 Å². The van der Waals surface area contributed by atoms with Crippen LogP contribution >= 0.6 is 23.4 Å². The number of thioether (sulfide) groups is 1. The number of carbonyl (C=O) groups excluding carboxylic acids is 1. The van der Waals surface area contributed by atoms with Crippen LogP contribution in [0.1, 0.15) is 24.2 Å². The second kappa shape index (κ2) is 8.58. The highest BCUT2D eigenvalue weighted by Crippen LogP contribution is 2.23. The number of halogens is 1. The number of benzene rings is 1. The van der Waals surface area contributed by atoms with Gasteiger partial charge >= 0.3 is 0 Å². The van der Waals surface area contributed by atoms with E-state index in [9.17, 15) is 4.79 Å². The summed E-state index contributed by atoms with van der Waals surface area (Å²) in [5.74, 6) is 0.601. The highest BCUT2D eigenvalue weighted by molar-refractivity contribution is 7.98. The fourth-order valence-electron chi connectivity index (χ4n) is 2.58. The molecule has 2 N–H and O–H groups in total. The van der Waals surface area contributed by atoms with Crippen molar-refractivity contribution in [1.82, 2.24) is 25.1 Å². The Morgan fingerprint density at radius 1 is 1.33 bits per heavy atom. The average molecular weight is 405 g/mol. The molecule has 0 saturated heterocycles. The van der Waals surface area contributed by atoms with Crippen LogP contribution in [0.3, 0.4) is 0 Å². The van der Waals surface area contributed by atoms with E-state index in [2.05, 4.69) is 39.5 Å². The van der Waals surface area contributed by atoms with Crippen molar-refractivity contribution >= 4 is 46.1 Å². The number of anilines is 1. The molecule has 0 unspecified atom stereocenters. The molecule has 9 heteroatoms. The van der Waals surface area contributed by atoms with Crippen LogP contribution in [0.25, 0.3) is 11.0 Å². The average Bonchev–Trinajstić information content (AvgIpc) is 3.04. The van der Waals surface area contributed by atoms with Gasteiger partial charge in [0.25, 0.3) is 5.91 Å². The molecule has 0 radical (unpaired) electrons. The molecule has 3 aromatic rings. The van der Waals surface area contributed by atoms with Crippen molar-refractivity contribution in [1.29, 1.82) is 0 Å². The molecule has 1 aromatic carbocycles. The Balaban J connectivity index is 1.74. The van der Waals surface area contributed by atoms with E-state index in [0.717, 1.165) is 16.9 Å². The fraction of sp³-hybridized carbons (Fsp3) is 0.333. The third kappa shape index (κ3) is 4.70. The predicted octanol–water partition coefficient (Wildman–Crippen LogP) is 3.45. The Morgan fingerprint density at radius 3 is 2.85 bits per heavy atom. The Morgan fingerprint density at radius 2 is 2.15 bits per heavy atom. The summed E-state index contributed by atoms with van der Waals surface area (Å²) in [6, 6.07) is 7.11. The van der Waals surface area contributed by atoms with Crippen molar-refractivity contribution in [3.8, 4) is 0 Å². The maximum Gasteiger partial charge on any atom is 0.251 e. The topological polar surface area (TPSA) is 84.7 Å². The lowest BCUT2D eigenvalue weighted by molar-refractivity contribution is 0.0952. The summed E-state index contributed by atoms with van der Waals surface area (Å²) in [7, 11) is 0. The van der Waals surface area contributed by atoms with Crippen LogP contribution in [0.5, 0.6) is 0 Å². The maximum atomic E-state index is 12.2. The van der Waals surface area contributed by atoms with Crippen molar-refractivity contribution in [2.24, 2.45) is 0 Å². The second-order valence-electron chi connectivity index (χ2n) is 6.23. The molecule has 0 atom stereocenters. The summed E-state index contributed by atoms with van der Waals surface area (Å²) in [6.07, 6.45) is 3.69. The van der Waals surface area contributed by atoms with Crippen molar-refractivity contribution in [3.63, 3.8) is 0 Å². The summed E-state index contributed by atoms with van der Waals surface area (Å²) >= 11 is 7.41. The summed E-state index contributed by atoms with van der Waals surface area (Å²) in [5, 5.41) is 12.7. The van der Waals surface area contributed by atoms with Crippen LogP contribution < -0.4 is 10.6 Å². The van der Waals surface area contributed by atoms with Gasteiger partial charge in [-0.3, -0.25) is 4.79 Å². The number of hydrogen-bond acceptors (Lipinski definition) is 6. The Hall–Kier alpha value is -2.32. The van der Waals surface area contributed by atoms with E-state index in [-0.39, 0.29) is 11.9 Å². The minimum atomic E-state index is -0.171. The number of rotatable bonds is 7. The van der Waals surface area contributed by atoms with Gasteiger partial charge in [0, 0.05) is 23.2 Å². The zero-order chi connectivity index (χ0) is 19.4. The van der Waals surface area contributed by atoms with Gasteiger partial charge in [-0.1, -0.05) is 29.4 Å². The molecule has 1 amide bonds. The first-order chi connectivity index (χ1) is 13.0. The van der Waals surface area contributed by atoms with Gasteiger partial charge in [0.2, 0.25) is 0 Å². The third-order valence-electron chi connectivity index (χ3n) is 3.78. The largest absolute Gasteiger partial charge is 0.367 e. The molecule has 142 valence electrons. The molecule has 2 heterocycles. The summed E-state index contributed by atoms with van der Waals surface area (Å²) in [4.78, 5) is 21.3. The Bertz CT molecular complexity index is 958. The molecule has 0 aliphatic carbocycles. The van der Waals surface area contributed by atoms with Crippen molar-refractivity contribution in [2.75, 3.05) is 18.1 Å². The lowest BCUT2D eigenvalue weighted by Gasteiger charge is -2.11. The molecular formula is C18H21ClN6OS. The molecule has 0 fully saturated rings. The highest BCUT2D eigenvalue weighted by atomic mass is 35.5. The molecule has 0 saturated carbocycles. The van der Waals surface area contributed by atoms with E-state index in [4.69, 9.17) is 11.6 Å². The van der Waals surface area contributed by atoms with Crippen molar-refractivity contribution < 1.29 is 4.79 Å². The summed E-state index contributed by atoms with van der Waals surface area (Å²) < 4.78 is 1.78. The monoisotopic (exact) mass is 404 g/mol. The number of hydrogen-bond donors (Lipinski definition) is 2. The molecule has 7 nitrogen and oxygen atoms in total. The van der Waals surface area contributed by atoms with E-state index < -0.39 is 0 Å². The van der Waals surface area contributed by atoms with Gasteiger partial charge in [-0.2, -0.15) is 5.10 Å². The molecular weight excluding hydrogens is 384 g/mol. The van der Waals surface area contributed by atoms with Gasteiger partial charge in [0.05, 0.1) is 18.1 Å². The van der Waals surface area contributed by atoms with Gasteiger partial charge in [0.15, 0.2) is 10.8 Å². The van der Waals surface area contributed by atoms with E-state index in [1.165, 1.54) is 11.8 Å². The number of fused-ring (bicyclic) bond motifs is 1. The number of nitrogens with one attached hydrogen (secondary N) is 2. The van der Waals surface area contributed by atoms with Gasteiger partial charge in [-0.25, -0.2) is 14.6 Å². The first-order valence-electron chi connectivity index (χ1n) is 8.55. The molecule has 3 rings (SSSR count). The minimum Gasteiger partial charge on any atom is -0.367 e. The van der Waals surface area contributed by atoms with Crippen LogP contribution in [-0.4, -0.2) is 44.5 Å². The van der Waals surface area contributed by atoms with Crippen molar-refractivity contribution in [2.45, 2.75) is 31.6 Å². The normalized spacial score (nSPS) is 11.1. The van der Waals surface area contributed by atoms with Gasteiger partial charge < -0.3 is 10.6 Å². The number of nitrogens with zero attached hydrogens (tertiary/aromatic N) is 4. The van der Waals surface area contributed by atoms with Crippen LogP contribution in [0.4, 0.5) is 5.82 Å². The molecule has 2 aromatic heterocycles. The first kappa shape index (κ1) is 19.4. The molecule has 27 heavy (non-hydrogen) atoms. The zero-order valence-electron chi connectivity index (χ0n) is 15.4. The molecule has 0 aliphatic heterocycles. The Labute approximate surface area is 166 Å². The molecule has 0 spiro atoms. The van der Waals surface area contributed by atoms with Gasteiger partial charge in [-0.15, -0.1) is 0 Å². The molecule has 0 bridgehead atoms. The zero-order valence-corrected chi connectivity index (χ0v) is 16.9. The maximum absolute atomic E-state index is 12.2. The first-order valence-corrected chi connectivity index (χ1v) is 10.2. The third-order valence-corrected chi connectivity index (χ3v) is 4.56. The Kier molecular flexibility index (Phi) is 6.18. The number of carbonyl (C=O) groups is 1. The quantitative estimate of drug-likeness (QED) is 0.463. The minimum absolute atomic E-state index is 0.171. The summed E-state index contributed by atoms with van der Waals surface area (Å²) in [5.41, 5.74) is 1.28. The van der Waals surface area contributed by atoms with Gasteiger partial charge in [0.1, 0.15) is 5.82 Å². The fourth-order valence-corrected chi connectivity index (χ4v) is 3.13. The lowest BCUT2D eigenvalue weighted by atomic mass is 10.2. The highest BCUT2D eigenvalue weighted by Gasteiger charge is 2.14. The van der Waals surface area contributed by atoms with E-state index in [1.54, 1.807) is 35.1 Å². The number of amides is 1. The predicted molar refractivity (Wildman–Crippen MR) is 110 cm³/mol. The second-order valence-corrected chi connectivity index (χ2v) is 7.44. The standard InChI is InChI=1S/C18H21ClN6OS/c1-11(2)22-15-14-10-21-25(16(14)24-18(23-15)27-3)8-7-20-17(26)12-5-4-6-13(19)9-12/h4-6,9-11H,7-8H2,1-3H3,(H,20,26)(H,22,23,24). The van der Waals surface area contributed by atoms with Crippen LogP contribution in [0, 0.1) is 0 Å². The van der Waals surface area contributed by atoms with E-state index in [1.807, 2.05) is 6.26 Å². The molecule has 0 aliphatic rings. The SMILES string of the molecule is CSc1nc(NC(C)C)c2cnn(CCNC(=O)c3cccc(Cl)c3)c2n1. The van der Waals surface area contributed by atoms with Crippen molar-refractivity contribution in [3.05, 3.63) is 41.0 Å². The van der Waals surface area contributed by atoms with E-state index in [0.29, 0.717) is 28.8 Å². The van der Waals surface area contributed by atoms with Gasteiger partial charge in [-0.05, 0) is 38.3 Å². The van der Waals surface area contributed by atoms with E-state index >= 15 is 0 Å². The smallest absolute Gasteiger partial charge is 0.251 e.